The molecular weight excluding hydrogens is 448 g/mol. The first-order valence-corrected chi connectivity index (χ1v) is 11.6. The fourth-order valence-electron chi connectivity index (χ4n) is 5.22. The van der Waals surface area contributed by atoms with Crippen molar-refractivity contribution in [3.8, 4) is 0 Å². The zero-order valence-electron chi connectivity index (χ0n) is 18.9. The number of aromatic amines is 1. The van der Waals surface area contributed by atoms with Crippen LogP contribution < -0.4 is 5.32 Å². The SMILES string of the molecule is C[C@@H]1Cc2c(ccc3[nH]ncc23)[C@H](c2ccc(NC3CN(CCCF)C3)cn2)N1CC(F)(F)F. The van der Waals surface area contributed by atoms with Gasteiger partial charge in [-0.1, -0.05) is 6.07 Å². The Morgan fingerprint density at radius 3 is 2.68 bits per heavy atom. The smallest absolute Gasteiger partial charge is 0.378 e. The Bertz CT molecular complexity index is 1120. The number of halogens is 4. The third-order valence-corrected chi connectivity index (χ3v) is 6.83. The van der Waals surface area contributed by atoms with Crippen molar-refractivity contribution in [3.63, 3.8) is 0 Å². The Morgan fingerprint density at radius 2 is 1.97 bits per heavy atom. The van der Waals surface area contributed by atoms with Gasteiger partial charge in [-0.3, -0.25) is 24.3 Å². The van der Waals surface area contributed by atoms with Crippen LogP contribution in [-0.2, 0) is 6.42 Å². The van der Waals surface area contributed by atoms with Crippen molar-refractivity contribution in [2.75, 3.05) is 38.2 Å². The zero-order valence-corrected chi connectivity index (χ0v) is 18.9. The van der Waals surface area contributed by atoms with E-state index in [9.17, 15) is 17.6 Å². The molecule has 0 aliphatic carbocycles. The number of hydrogen-bond donors (Lipinski definition) is 2. The van der Waals surface area contributed by atoms with Crippen molar-refractivity contribution in [1.29, 1.82) is 0 Å². The van der Waals surface area contributed by atoms with E-state index in [1.54, 1.807) is 12.4 Å². The maximum atomic E-state index is 13.5. The Hall–Kier alpha value is -2.72. The highest BCUT2D eigenvalue weighted by Crippen LogP contribution is 2.41. The molecule has 2 aromatic heterocycles. The van der Waals surface area contributed by atoms with Gasteiger partial charge in [0.25, 0.3) is 0 Å². The van der Waals surface area contributed by atoms with Gasteiger partial charge in [0.15, 0.2) is 0 Å². The minimum atomic E-state index is -4.32. The Balaban J connectivity index is 1.40. The van der Waals surface area contributed by atoms with E-state index in [0.29, 0.717) is 18.5 Å². The van der Waals surface area contributed by atoms with Crippen molar-refractivity contribution in [2.24, 2.45) is 0 Å². The second-order valence-electron chi connectivity index (χ2n) is 9.32. The molecule has 6 nitrogen and oxygen atoms in total. The molecule has 3 aromatic rings. The summed E-state index contributed by atoms with van der Waals surface area (Å²) >= 11 is 0. The first-order chi connectivity index (χ1) is 16.3. The van der Waals surface area contributed by atoms with Crippen LogP contribution in [0.1, 0.15) is 36.2 Å². The van der Waals surface area contributed by atoms with Crippen molar-refractivity contribution >= 4 is 16.6 Å². The van der Waals surface area contributed by atoms with Gasteiger partial charge >= 0.3 is 6.18 Å². The fourth-order valence-corrected chi connectivity index (χ4v) is 5.22. The maximum absolute atomic E-state index is 13.5. The molecule has 1 saturated heterocycles. The van der Waals surface area contributed by atoms with Crippen LogP contribution in [0.15, 0.2) is 36.7 Å². The molecule has 10 heteroatoms. The number of pyridine rings is 1. The van der Waals surface area contributed by atoms with E-state index < -0.39 is 18.8 Å². The van der Waals surface area contributed by atoms with Crippen molar-refractivity contribution in [1.82, 2.24) is 25.0 Å². The Morgan fingerprint density at radius 1 is 1.15 bits per heavy atom. The summed E-state index contributed by atoms with van der Waals surface area (Å²) in [5, 5.41) is 11.4. The largest absolute Gasteiger partial charge is 0.401 e. The van der Waals surface area contributed by atoms with E-state index >= 15 is 0 Å². The lowest BCUT2D eigenvalue weighted by atomic mass is 9.85. The lowest BCUT2D eigenvalue weighted by molar-refractivity contribution is -0.155. The number of anilines is 1. The van der Waals surface area contributed by atoms with E-state index in [-0.39, 0.29) is 18.8 Å². The quantitative estimate of drug-likeness (QED) is 0.498. The molecule has 0 spiro atoms. The number of alkyl halides is 4. The van der Waals surface area contributed by atoms with Gasteiger partial charge in [0.2, 0.25) is 0 Å². The second-order valence-corrected chi connectivity index (χ2v) is 9.32. The highest BCUT2D eigenvalue weighted by atomic mass is 19.4. The number of H-pyrrole nitrogens is 1. The first kappa shape index (κ1) is 23.0. The summed E-state index contributed by atoms with van der Waals surface area (Å²) in [4.78, 5) is 8.29. The number of likely N-dealkylation sites (tertiary alicyclic amines) is 1. The highest BCUT2D eigenvalue weighted by molar-refractivity contribution is 5.83. The molecule has 4 heterocycles. The normalized spacial score (nSPS) is 22.0. The molecule has 2 atom stereocenters. The van der Waals surface area contributed by atoms with Gasteiger partial charge in [-0.25, -0.2) is 0 Å². The third-order valence-electron chi connectivity index (χ3n) is 6.83. The molecule has 0 saturated carbocycles. The molecule has 0 unspecified atom stereocenters. The van der Waals surface area contributed by atoms with E-state index in [1.807, 2.05) is 31.2 Å². The minimum absolute atomic E-state index is 0.263. The predicted molar refractivity (Wildman–Crippen MR) is 123 cm³/mol. The standard InChI is InChI=1S/C24H28F4N6/c1-15-9-19-18(4-6-21-20(19)11-30-32-21)23(34(15)14-24(26,27)28)22-5-3-16(10-29-22)31-17-12-33(13-17)8-2-7-25/h3-6,10-11,15,17,23,31H,2,7-9,12-14H2,1H3,(H,30,32)/t15-,23-/m1/s1. The molecule has 1 fully saturated rings. The lowest BCUT2D eigenvalue weighted by Crippen LogP contribution is -2.54. The number of aromatic nitrogens is 3. The second kappa shape index (κ2) is 9.14. The van der Waals surface area contributed by atoms with Gasteiger partial charge in [-0.15, -0.1) is 0 Å². The summed E-state index contributed by atoms with van der Waals surface area (Å²) in [6, 6.07) is 6.81. The number of nitrogens with zero attached hydrogens (tertiary/aromatic N) is 4. The summed E-state index contributed by atoms with van der Waals surface area (Å²) in [5.74, 6) is 0. The lowest BCUT2D eigenvalue weighted by Gasteiger charge is -2.42. The summed E-state index contributed by atoms with van der Waals surface area (Å²) < 4.78 is 52.9. The molecule has 0 amide bonds. The van der Waals surface area contributed by atoms with Gasteiger partial charge in [0.1, 0.15) is 0 Å². The number of benzene rings is 1. The van der Waals surface area contributed by atoms with E-state index in [0.717, 1.165) is 47.4 Å². The Labute approximate surface area is 195 Å². The van der Waals surface area contributed by atoms with Crippen LogP contribution in [0.2, 0.25) is 0 Å². The molecule has 2 aliphatic heterocycles. The van der Waals surface area contributed by atoms with Crippen molar-refractivity contribution < 1.29 is 17.6 Å². The number of rotatable bonds is 7. The van der Waals surface area contributed by atoms with Gasteiger partial charge in [-0.05, 0) is 49.1 Å². The minimum Gasteiger partial charge on any atom is -0.378 e. The predicted octanol–water partition coefficient (Wildman–Crippen LogP) is 4.31. The van der Waals surface area contributed by atoms with Crippen molar-refractivity contribution in [2.45, 2.75) is 44.1 Å². The average molecular weight is 477 g/mol. The van der Waals surface area contributed by atoms with Crippen LogP contribution in [0, 0.1) is 0 Å². The molecule has 0 bridgehead atoms. The molecule has 34 heavy (non-hydrogen) atoms. The van der Waals surface area contributed by atoms with Gasteiger partial charge < -0.3 is 5.32 Å². The highest BCUT2D eigenvalue weighted by Gasteiger charge is 2.41. The molecule has 1 aromatic carbocycles. The van der Waals surface area contributed by atoms with Crippen LogP contribution in [0.5, 0.6) is 0 Å². The summed E-state index contributed by atoms with van der Waals surface area (Å²) in [6.07, 6.45) is 0.181. The Kier molecular flexibility index (Phi) is 6.20. The molecule has 2 N–H and O–H groups in total. The van der Waals surface area contributed by atoms with Crippen LogP contribution in [0.4, 0.5) is 23.2 Å². The number of hydrogen-bond acceptors (Lipinski definition) is 5. The number of nitrogens with one attached hydrogen (secondary N) is 2. The summed E-state index contributed by atoms with van der Waals surface area (Å²) in [5.41, 5.74) is 4.16. The van der Waals surface area contributed by atoms with Gasteiger partial charge in [0.05, 0.1) is 54.6 Å². The average Bonchev–Trinajstić information content (AvgIpc) is 3.25. The van der Waals surface area contributed by atoms with E-state index in [4.69, 9.17) is 0 Å². The van der Waals surface area contributed by atoms with Gasteiger partial charge in [0, 0.05) is 31.1 Å². The summed E-state index contributed by atoms with van der Waals surface area (Å²) in [7, 11) is 0. The molecule has 5 rings (SSSR count). The summed E-state index contributed by atoms with van der Waals surface area (Å²) in [6.45, 7) is 2.97. The first-order valence-electron chi connectivity index (χ1n) is 11.6. The van der Waals surface area contributed by atoms with Crippen LogP contribution in [-0.4, -0.2) is 76.1 Å². The number of fused-ring (bicyclic) bond motifs is 3. The molecule has 0 radical (unpaired) electrons. The van der Waals surface area contributed by atoms with Crippen molar-refractivity contribution in [3.05, 3.63) is 53.5 Å². The topological polar surface area (TPSA) is 60.1 Å². The maximum Gasteiger partial charge on any atom is 0.401 e. The van der Waals surface area contributed by atoms with E-state index in [2.05, 4.69) is 25.4 Å². The molecule has 2 aliphatic rings. The third kappa shape index (κ3) is 4.61. The van der Waals surface area contributed by atoms with E-state index in [1.165, 1.54) is 4.90 Å². The zero-order chi connectivity index (χ0) is 23.9. The molecule has 182 valence electrons. The van der Waals surface area contributed by atoms with Gasteiger partial charge in [-0.2, -0.15) is 18.3 Å². The van der Waals surface area contributed by atoms with Crippen LogP contribution in [0.25, 0.3) is 10.9 Å². The molecular formula is C24H28F4N6. The fraction of sp³-hybridized carbons (Fsp3) is 0.500. The monoisotopic (exact) mass is 476 g/mol. The van der Waals surface area contributed by atoms with Crippen LogP contribution in [0.3, 0.4) is 0 Å². The van der Waals surface area contributed by atoms with Crippen LogP contribution >= 0.6 is 0 Å².